The molecule has 14 heteroatoms. The van der Waals surface area contributed by atoms with Crippen molar-refractivity contribution in [3.8, 4) is 5.75 Å². The standard InChI is InChI=1S/C47H53N3O10S/c1-31-30-46(2,3)49(21-22-58-24-23-57-6)39-29-41-36(28-35(31)39)33(25-40(59-41)32-13-9-7-10-14-32)26-42-47(4,5)37-27-34(61(54,55)56)16-17-38(37)48(42)20-12-8-11-15-45(53)60-50-43(51)18-19-44(50)52/h7,9-10,13-14,16-17,25-30H,8,11-12,15,18-24H2,1-6H3/p+1. The van der Waals surface area contributed by atoms with Crippen molar-refractivity contribution in [2.45, 2.75) is 89.0 Å². The lowest BCUT2D eigenvalue weighted by atomic mass is 9.80. The second-order valence-corrected chi connectivity index (χ2v) is 18.3. The molecule has 13 nitrogen and oxygen atoms in total. The van der Waals surface area contributed by atoms with Crippen LogP contribution in [0, 0.1) is 0 Å². The summed E-state index contributed by atoms with van der Waals surface area (Å²) in [7, 11) is -2.82. The molecule has 0 aromatic heterocycles. The van der Waals surface area contributed by atoms with Crippen molar-refractivity contribution in [1.82, 2.24) is 5.06 Å². The van der Waals surface area contributed by atoms with Crippen LogP contribution in [-0.2, 0) is 44.2 Å². The molecule has 0 saturated carbocycles. The van der Waals surface area contributed by atoms with Gasteiger partial charge in [0, 0.05) is 85.5 Å². The largest absolute Gasteiger partial charge is 0.456 e. The minimum atomic E-state index is -4.48. The van der Waals surface area contributed by atoms with E-state index in [1.807, 2.05) is 50.3 Å². The molecule has 1 fully saturated rings. The number of hydrogen-bond donors (Lipinski definition) is 1. The Morgan fingerprint density at radius 1 is 0.934 bits per heavy atom. The first-order valence-corrected chi connectivity index (χ1v) is 22.2. The van der Waals surface area contributed by atoms with Crippen LogP contribution in [0.2, 0.25) is 0 Å². The molecular weight excluding hydrogens is 799 g/mol. The quantitative estimate of drug-likeness (QED) is 0.0655. The Hall–Kier alpha value is -5.41. The third-order valence-electron chi connectivity index (χ3n) is 11.8. The average molecular weight is 853 g/mol. The molecule has 3 aromatic carbocycles. The van der Waals surface area contributed by atoms with Gasteiger partial charge in [0.15, 0.2) is 5.71 Å². The number of methoxy groups -OCH3 is 1. The Bertz CT molecular complexity index is 2470. The van der Waals surface area contributed by atoms with E-state index in [4.69, 9.17) is 19.0 Å². The number of anilines is 1. The highest BCUT2D eigenvalue weighted by Crippen LogP contribution is 2.48. The molecule has 4 aliphatic rings. The summed E-state index contributed by atoms with van der Waals surface area (Å²) < 4.78 is 54.9. The predicted octanol–water partition coefficient (Wildman–Crippen LogP) is 7.66. The van der Waals surface area contributed by atoms with Gasteiger partial charge >= 0.3 is 5.97 Å². The van der Waals surface area contributed by atoms with Gasteiger partial charge in [0.25, 0.3) is 21.9 Å². The second-order valence-electron chi connectivity index (χ2n) is 16.9. The van der Waals surface area contributed by atoms with Crippen molar-refractivity contribution in [2.24, 2.45) is 0 Å². The van der Waals surface area contributed by atoms with Crippen LogP contribution < -0.4 is 9.64 Å². The summed E-state index contributed by atoms with van der Waals surface area (Å²) in [6.45, 7) is 13.3. The molecule has 61 heavy (non-hydrogen) atoms. The lowest BCUT2D eigenvalue weighted by molar-refractivity contribution is -0.438. The molecule has 0 spiro atoms. The van der Waals surface area contributed by atoms with Gasteiger partial charge in [-0.05, 0) is 82.9 Å². The number of carbonyl (C=O) groups is 3. The number of hydroxylamine groups is 2. The van der Waals surface area contributed by atoms with Crippen LogP contribution >= 0.6 is 0 Å². The normalized spacial score (nSPS) is 18.4. The zero-order valence-corrected chi connectivity index (χ0v) is 36.5. The second kappa shape index (κ2) is 17.5. The van der Waals surface area contributed by atoms with Crippen LogP contribution in [0.3, 0.4) is 0 Å². The zero-order valence-electron chi connectivity index (χ0n) is 35.7. The fraction of sp³-hybridized carbons (Fsp3) is 0.404. The monoisotopic (exact) mass is 852 g/mol. The number of ether oxygens (including phenoxy) is 3. The summed E-state index contributed by atoms with van der Waals surface area (Å²) >= 11 is 0. The first-order valence-electron chi connectivity index (χ1n) is 20.7. The van der Waals surface area contributed by atoms with Gasteiger partial charge in [-0.15, -0.1) is 5.06 Å². The maximum Gasteiger partial charge on any atom is 0.333 e. The first-order chi connectivity index (χ1) is 29.0. The number of hydrogen-bond acceptors (Lipinski definition) is 10. The van der Waals surface area contributed by atoms with Crippen LogP contribution in [0.1, 0.15) is 95.4 Å². The van der Waals surface area contributed by atoms with Gasteiger partial charge in [0.05, 0.1) is 35.7 Å². The van der Waals surface area contributed by atoms with Crippen LogP contribution in [-0.4, -0.2) is 91.7 Å². The summed E-state index contributed by atoms with van der Waals surface area (Å²) in [4.78, 5) is 43.6. The van der Waals surface area contributed by atoms with Gasteiger partial charge in [-0.25, -0.2) is 4.79 Å². The number of carbonyl (C=O) groups excluding carboxylic acids is 3. The number of unbranched alkanes of at least 4 members (excludes halogenated alkanes) is 2. The van der Waals surface area contributed by atoms with Crippen molar-refractivity contribution in [1.29, 1.82) is 0 Å². The minimum absolute atomic E-state index is 0.0319. The molecule has 322 valence electrons. The van der Waals surface area contributed by atoms with Crippen molar-refractivity contribution in [3.63, 3.8) is 0 Å². The highest BCUT2D eigenvalue weighted by molar-refractivity contribution is 7.85. The van der Waals surface area contributed by atoms with Crippen molar-refractivity contribution >= 4 is 61.9 Å². The van der Waals surface area contributed by atoms with Crippen LogP contribution in [0.25, 0.3) is 16.9 Å². The maximum atomic E-state index is 12.5. The molecule has 7 rings (SSSR count). The number of fused-ring (bicyclic) bond motifs is 3. The van der Waals surface area contributed by atoms with Crippen molar-refractivity contribution < 1.29 is 51.0 Å². The van der Waals surface area contributed by atoms with Crippen molar-refractivity contribution in [2.75, 3.05) is 44.9 Å². The van der Waals surface area contributed by atoms with E-state index in [0.29, 0.717) is 68.7 Å². The molecule has 0 aliphatic carbocycles. The SMILES string of the molecule is COCCOCCN1c2cc3c(cc2C(C)=CC1(C)C)/C(=C/C1=[N+](CCCCCC(=O)ON2C(=O)CCC2=O)c2ccc(S(=O)(=O)O)cc2C1(C)C)C=C(c1ccccc1)O3. The highest BCUT2D eigenvalue weighted by Gasteiger charge is 2.46. The predicted molar refractivity (Wildman–Crippen MR) is 232 cm³/mol. The Balaban J connectivity index is 1.27. The van der Waals surface area contributed by atoms with Crippen LogP contribution in [0.15, 0.2) is 83.8 Å². The molecule has 0 bridgehead atoms. The Morgan fingerprint density at radius 3 is 2.38 bits per heavy atom. The molecule has 0 radical (unpaired) electrons. The molecule has 0 unspecified atom stereocenters. The number of imide groups is 1. The Morgan fingerprint density at radius 2 is 1.67 bits per heavy atom. The topological polar surface area (TPSA) is 152 Å². The summed E-state index contributed by atoms with van der Waals surface area (Å²) in [5, 5.41) is 0.568. The molecular formula is C47H54N3O10S+. The average Bonchev–Trinajstić information content (AvgIpc) is 3.63. The van der Waals surface area contributed by atoms with E-state index in [2.05, 4.69) is 54.5 Å². The van der Waals surface area contributed by atoms with E-state index in [-0.39, 0.29) is 29.7 Å². The van der Waals surface area contributed by atoms with E-state index in [1.54, 1.807) is 19.2 Å². The summed E-state index contributed by atoms with van der Waals surface area (Å²) in [6, 6.07) is 18.9. The van der Waals surface area contributed by atoms with E-state index in [1.165, 1.54) is 6.07 Å². The minimum Gasteiger partial charge on any atom is -0.456 e. The van der Waals surface area contributed by atoms with Gasteiger partial charge in [-0.1, -0.05) is 36.4 Å². The van der Waals surface area contributed by atoms with Gasteiger partial charge in [0.2, 0.25) is 5.69 Å². The molecule has 1 N–H and O–H groups in total. The highest BCUT2D eigenvalue weighted by atomic mass is 32.2. The summed E-state index contributed by atoms with van der Waals surface area (Å²) in [5.74, 6) is -0.301. The number of amides is 2. The van der Waals surface area contributed by atoms with E-state index in [0.717, 1.165) is 50.5 Å². The third-order valence-corrected chi connectivity index (χ3v) is 12.6. The summed E-state index contributed by atoms with van der Waals surface area (Å²) in [6.07, 6.45) is 8.33. The van der Waals surface area contributed by atoms with Crippen LogP contribution in [0.4, 0.5) is 11.4 Å². The molecule has 0 atom stereocenters. The Kier molecular flexibility index (Phi) is 12.5. The maximum absolute atomic E-state index is 12.5. The number of benzene rings is 3. The number of nitrogens with zero attached hydrogens (tertiary/aromatic N) is 3. The van der Waals surface area contributed by atoms with Gasteiger partial charge in [-0.2, -0.15) is 13.0 Å². The van der Waals surface area contributed by atoms with Gasteiger partial charge in [0.1, 0.15) is 18.1 Å². The Labute approximate surface area is 357 Å². The van der Waals surface area contributed by atoms with Gasteiger partial charge < -0.3 is 23.9 Å². The fourth-order valence-electron chi connectivity index (χ4n) is 8.64. The first kappa shape index (κ1) is 43.7. The number of allylic oxidation sites excluding steroid dienone is 4. The molecule has 4 heterocycles. The van der Waals surface area contributed by atoms with Crippen LogP contribution in [0.5, 0.6) is 5.75 Å². The molecule has 1 saturated heterocycles. The molecule has 4 aliphatic heterocycles. The molecule has 2 amide bonds. The lowest BCUT2D eigenvalue weighted by Crippen LogP contribution is -2.46. The van der Waals surface area contributed by atoms with E-state index < -0.39 is 33.3 Å². The van der Waals surface area contributed by atoms with Gasteiger partial charge in [-0.3, -0.25) is 14.1 Å². The van der Waals surface area contributed by atoms with E-state index in [9.17, 15) is 27.4 Å². The third kappa shape index (κ3) is 9.13. The summed E-state index contributed by atoms with van der Waals surface area (Å²) in [5.41, 5.74) is 7.40. The smallest absolute Gasteiger partial charge is 0.333 e. The fourth-order valence-corrected chi connectivity index (χ4v) is 9.15. The van der Waals surface area contributed by atoms with E-state index >= 15 is 0 Å². The van der Waals surface area contributed by atoms with Crippen molar-refractivity contribution in [3.05, 3.63) is 101 Å². The zero-order chi connectivity index (χ0) is 43.7. The number of rotatable bonds is 16. The lowest BCUT2D eigenvalue weighted by Gasteiger charge is -2.44. The molecule has 3 aromatic rings.